The third kappa shape index (κ3) is 3.81. The molecule has 0 aliphatic carbocycles. The van der Waals surface area contributed by atoms with Crippen LogP contribution in [0.5, 0.6) is 0 Å². The Morgan fingerprint density at radius 1 is 1.17 bits per heavy atom. The highest BCUT2D eigenvalue weighted by molar-refractivity contribution is 5.94. The Morgan fingerprint density at radius 2 is 2.00 bits per heavy atom. The fraction of sp³-hybridized carbons (Fsp3) is 0.250. The summed E-state index contributed by atoms with van der Waals surface area (Å²) in [5.74, 6) is -1.58. The van der Waals surface area contributed by atoms with Crippen LogP contribution in [-0.4, -0.2) is 23.6 Å². The van der Waals surface area contributed by atoms with Crippen LogP contribution in [-0.2, 0) is 9.53 Å². The Hall–Kier alpha value is -2.54. The number of carbonyl (C=O) groups excluding carboxylic acids is 1. The number of anilines is 3. The van der Waals surface area contributed by atoms with Gasteiger partial charge in [0.25, 0.3) is 5.91 Å². The molecule has 2 aromatic rings. The van der Waals surface area contributed by atoms with Gasteiger partial charge in [0, 0.05) is 18.4 Å². The van der Waals surface area contributed by atoms with E-state index < -0.39 is 17.7 Å². The van der Waals surface area contributed by atoms with Gasteiger partial charge in [0.2, 0.25) is 0 Å². The first-order valence-corrected chi connectivity index (χ1v) is 7.22. The highest BCUT2D eigenvalue weighted by atomic mass is 19.2. The number of pyridine rings is 1. The number of ether oxygens (including phenoxy) is 1. The third-order valence-electron chi connectivity index (χ3n) is 3.45. The number of benzene rings is 1. The molecule has 0 bridgehead atoms. The maximum absolute atomic E-state index is 13.1. The molecule has 1 aromatic heterocycles. The molecule has 1 atom stereocenters. The second kappa shape index (κ2) is 6.70. The lowest BCUT2D eigenvalue weighted by molar-refractivity contribution is -0.124. The monoisotopic (exact) mass is 319 g/mol. The standard InChI is InChI=1S/C16H15F2N3O2/c17-12-5-3-10(8-13(12)18)20-15-6-4-11(9-19-15)21-16(22)14-2-1-7-23-14/h3-6,8-9,14H,1-2,7H2,(H,19,20)(H,21,22). The molecule has 0 spiro atoms. The molecule has 1 fully saturated rings. The lowest BCUT2D eigenvalue weighted by atomic mass is 10.2. The van der Waals surface area contributed by atoms with Gasteiger partial charge in [0.05, 0.1) is 11.9 Å². The number of aromatic nitrogens is 1. The number of rotatable bonds is 4. The van der Waals surface area contributed by atoms with Gasteiger partial charge in [-0.25, -0.2) is 13.8 Å². The van der Waals surface area contributed by atoms with E-state index in [-0.39, 0.29) is 5.91 Å². The molecule has 1 amide bonds. The number of carbonyl (C=O) groups is 1. The van der Waals surface area contributed by atoms with Crippen molar-refractivity contribution in [2.45, 2.75) is 18.9 Å². The Bertz CT molecular complexity index is 701. The molecule has 1 unspecified atom stereocenters. The topological polar surface area (TPSA) is 63.2 Å². The number of hydrogen-bond donors (Lipinski definition) is 2. The molecule has 1 saturated heterocycles. The molecule has 23 heavy (non-hydrogen) atoms. The fourth-order valence-electron chi connectivity index (χ4n) is 2.27. The average Bonchev–Trinajstić information content (AvgIpc) is 3.07. The molecular weight excluding hydrogens is 304 g/mol. The minimum Gasteiger partial charge on any atom is -0.368 e. The summed E-state index contributed by atoms with van der Waals surface area (Å²) < 4.78 is 31.3. The number of nitrogens with zero attached hydrogens (tertiary/aromatic N) is 1. The molecule has 3 rings (SSSR count). The summed E-state index contributed by atoms with van der Waals surface area (Å²) in [5.41, 5.74) is 0.925. The number of amides is 1. The number of nitrogens with one attached hydrogen (secondary N) is 2. The van der Waals surface area contributed by atoms with Gasteiger partial charge >= 0.3 is 0 Å². The van der Waals surface area contributed by atoms with E-state index in [9.17, 15) is 13.6 Å². The van der Waals surface area contributed by atoms with E-state index in [2.05, 4.69) is 15.6 Å². The first kappa shape index (κ1) is 15.4. The zero-order chi connectivity index (χ0) is 16.2. The Kier molecular flexibility index (Phi) is 4.47. The predicted octanol–water partition coefficient (Wildman–Crippen LogP) is 3.22. The van der Waals surface area contributed by atoms with E-state index in [1.807, 2.05) is 0 Å². The largest absolute Gasteiger partial charge is 0.368 e. The van der Waals surface area contributed by atoms with Crippen molar-refractivity contribution in [1.82, 2.24) is 4.98 Å². The third-order valence-corrected chi connectivity index (χ3v) is 3.45. The molecular formula is C16H15F2N3O2. The smallest absolute Gasteiger partial charge is 0.253 e. The molecule has 0 radical (unpaired) electrons. The van der Waals surface area contributed by atoms with Crippen LogP contribution in [0.2, 0.25) is 0 Å². The summed E-state index contributed by atoms with van der Waals surface area (Å²) in [6.45, 7) is 0.605. The second-order valence-corrected chi connectivity index (χ2v) is 5.18. The zero-order valence-electron chi connectivity index (χ0n) is 12.2. The van der Waals surface area contributed by atoms with Crippen molar-refractivity contribution >= 4 is 23.1 Å². The van der Waals surface area contributed by atoms with Gasteiger partial charge in [0.15, 0.2) is 11.6 Å². The summed E-state index contributed by atoms with van der Waals surface area (Å²) in [4.78, 5) is 16.0. The van der Waals surface area contributed by atoms with Crippen molar-refractivity contribution in [2.75, 3.05) is 17.2 Å². The highest BCUT2D eigenvalue weighted by Gasteiger charge is 2.23. The van der Waals surface area contributed by atoms with Crippen molar-refractivity contribution in [3.8, 4) is 0 Å². The molecule has 2 N–H and O–H groups in total. The van der Waals surface area contributed by atoms with Crippen LogP contribution < -0.4 is 10.6 Å². The zero-order valence-corrected chi connectivity index (χ0v) is 12.2. The van der Waals surface area contributed by atoms with Crippen molar-refractivity contribution < 1.29 is 18.3 Å². The lowest BCUT2D eigenvalue weighted by Gasteiger charge is -2.11. The van der Waals surface area contributed by atoms with Crippen molar-refractivity contribution in [3.05, 3.63) is 48.2 Å². The summed E-state index contributed by atoms with van der Waals surface area (Å²) in [6, 6.07) is 6.79. The summed E-state index contributed by atoms with van der Waals surface area (Å²) >= 11 is 0. The van der Waals surface area contributed by atoms with Gasteiger partial charge < -0.3 is 15.4 Å². The van der Waals surface area contributed by atoms with Crippen LogP contribution in [0.4, 0.5) is 26.0 Å². The molecule has 2 heterocycles. The van der Waals surface area contributed by atoms with Gasteiger partial charge in [0.1, 0.15) is 11.9 Å². The van der Waals surface area contributed by atoms with Gasteiger partial charge in [-0.15, -0.1) is 0 Å². The number of hydrogen-bond acceptors (Lipinski definition) is 4. The minimum atomic E-state index is -0.935. The van der Waals surface area contributed by atoms with Crippen LogP contribution in [0.3, 0.4) is 0 Å². The van der Waals surface area contributed by atoms with E-state index in [0.717, 1.165) is 25.0 Å². The molecule has 1 aliphatic heterocycles. The van der Waals surface area contributed by atoms with Gasteiger partial charge in [-0.05, 0) is 37.1 Å². The highest BCUT2D eigenvalue weighted by Crippen LogP contribution is 2.19. The molecule has 120 valence electrons. The van der Waals surface area contributed by atoms with E-state index in [0.29, 0.717) is 23.8 Å². The Labute approximate surface area is 131 Å². The van der Waals surface area contributed by atoms with Crippen molar-refractivity contribution in [1.29, 1.82) is 0 Å². The Balaban J connectivity index is 1.62. The predicted molar refractivity (Wildman–Crippen MR) is 81.5 cm³/mol. The molecule has 5 nitrogen and oxygen atoms in total. The van der Waals surface area contributed by atoms with Crippen LogP contribution in [0.1, 0.15) is 12.8 Å². The van der Waals surface area contributed by atoms with Crippen molar-refractivity contribution in [3.63, 3.8) is 0 Å². The van der Waals surface area contributed by atoms with Crippen LogP contribution in [0.25, 0.3) is 0 Å². The summed E-state index contributed by atoms with van der Waals surface area (Å²) in [6.07, 6.45) is 2.67. The van der Waals surface area contributed by atoms with E-state index in [1.54, 1.807) is 12.1 Å². The van der Waals surface area contributed by atoms with Gasteiger partial charge in [-0.1, -0.05) is 0 Å². The lowest BCUT2D eigenvalue weighted by Crippen LogP contribution is -2.26. The van der Waals surface area contributed by atoms with E-state index in [1.165, 1.54) is 12.3 Å². The minimum absolute atomic E-state index is 0.189. The fourth-order valence-corrected chi connectivity index (χ4v) is 2.27. The van der Waals surface area contributed by atoms with E-state index in [4.69, 9.17) is 4.74 Å². The maximum Gasteiger partial charge on any atom is 0.253 e. The SMILES string of the molecule is O=C(Nc1ccc(Nc2ccc(F)c(F)c2)nc1)C1CCCO1. The average molecular weight is 319 g/mol. The number of halogens is 2. The normalized spacial score (nSPS) is 17.0. The van der Waals surface area contributed by atoms with E-state index >= 15 is 0 Å². The van der Waals surface area contributed by atoms with Gasteiger partial charge in [-0.2, -0.15) is 0 Å². The second-order valence-electron chi connectivity index (χ2n) is 5.18. The molecule has 0 saturated carbocycles. The van der Waals surface area contributed by atoms with Crippen molar-refractivity contribution in [2.24, 2.45) is 0 Å². The first-order valence-electron chi connectivity index (χ1n) is 7.22. The summed E-state index contributed by atoms with van der Waals surface area (Å²) in [7, 11) is 0. The Morgan fingerprint density at radius 3 is 2.65 bits per heavy atom. The molecule has 1 aliphatic rings. The van der Waals surface area contributed by atoms with Crippen LogP contribution in [0, 0.1) is 11.6 Å². The maximum atomic E-state index is 13.1. The quantitative estimate of drug-likeness (QED) is 0.908. The van der Waals surface area contributed by atoms with Crippen LogP contribution >= 0.6 is 0 Å². The molecule has 1 aromatic carbocycles. The van der Waals surface area contributed by atoms with Crippen LogP contribution in [0.15, 0.2) is 36.5 Å². The summed E-state index contributed by atoms with van der Waals surface area (Å²) in [5, 5.41) is 5.58. The molecule has 7 heteroatoms. The first-order chi connectivity index (χ1) is 11.1. The van der Waals surface area contributed by atoms with Gasteiger partial charge in [-0.3, -0.25) is 4.79 Å².